The van der Waals surface area contributed by atoms with Gasteiger partial charge in [-0.15, -0.1) is 0 Å². The molecule has 0 unspecified atom stereocenters. The second-order valence-corrected chi connectivity index (χ2v) is 16.7. The van der Waals surface area contributed by atoms with Crippen molar-refractivity contribution in [1.29, 1.82) is 0 Å². The van der Waals surface area contributed by atoms with Crippen molar-refractivity contribution in [3.63, 3.8) is 0 Å². The molecule has 0 amide bonds. The molecule has 0 atom stereocenters. The first kappa shape index (κ1) is 30.2. The fourth-order valence-electron chi connectivity index (χ4n) is 4.30. The van der Waals surface area contributed by atoms with Crippen LogP contribution in [-0.4, -0.2) is 55.4 Å². The molecule has 0 aliphatic carbocycles. The first-order chi connectivity index (χ1) is 18.6. The summed E-state index contributed by atoms with van der Waals surface area (Å²) in [5.41, 5.74) is -0.883. The number of hydrogen-bond acceptors (Lipinski definition) is 5. The van der Waals surface area contributed by atoms with Crippen molar-refractivity contribution in [3.05, 3.63) is 58.9 Å². The smallest absolute Gasteiger partial charge is 0.361 e. The van der Waals surface area contributed by atoms with E-state index < -0.39 is 31.6 Å². The van der Waals surface area contributed by atoms with E-state index in [1.807, 2.05) is 4.90 Å². The Labute approximate surface area is 234 Å². The van der Waals surface area contributed by atoms with Crippen LogP contribution in [-0.2, 0) is 23.8 Å². The summed E-state index contributed by atoms with van der Waals surface area (Å²) in [5, 5.41) is 0.203. The Morgan fingerprint density at radius 3 is 2.10 bits per heavy atom. The van der Waals surface area contributed by atoms with Gasteiger partial charge in [-0.05, 0) is 30.3 Å². The molecule has 0 bridgehead atoms. The minimum Gasteiger partial charge on any atom is -0.361 e. The molecule has 3 heterocycles. The SMILES string of the molecule is C[Si](C)(C)CCOCn1c(N2CCN(c3ncccc3C(F)(F)F)CC2)nc(-c2ccc(C(F)(F)F)cc2)c1Cl. The molecule has 0 N–H and O–H groups in total. The van der Waals surface area contributed by atoms with Gasteiger partial charge in [0.15, 0.2) is 0 Å². The summed E-state index contributed by atoms with van der Waals surface area (Å²) >= 11 is 6.71. The van der Waals surface area contributed by atoms with E-state index in [-0.39, 0.29) is 30.8 Å². The molecule has 4 rings (SSSR count). The zero-order chi connectivity index (χ0) is 29.3. The van der Waals surface area contributed by atoms with E-state index in [1.54, 1.807) is 9.47 Å². The van der Waals surface area contributed by atoms with Crippen molar-refractivity contribution < 1.29 is 31.1 Å². The third-order valence-electron chi connectivity index (χ3n) is 6.54. The number of benzene rings is 1. The first-order valence-corrected chi connectivity index (χ1v) is 16.8. The predicted octanol–water partition coefficient (Wildman–Crippen LogP) is 7.28. The Kier molecular flexibility index (Phi) is 8.76. The maximum Gasteiger partial charge on any atom is 0.419 e. The fraction of sp³-hybridized carbons (Fsp3) is 0.462. The second-order valence-electron chi connectivity index (χ2n) is 10.7. The molecule has 1 aliphatic rings. The number of anilines is 2. The summed E-state index contributed by atoms with van der Waals surface area (Å²) in [6.45, 7) is 8.39. The highest BCUT2D eigenvalue weighted by Gasteiger charge is 2.37. The van der Waals surface area contributed by atoms with Crippen molar-refractivity contribution in [2.45, 2.75) is 44.8 Å². The van der Waals surface area contributed by atoms with Gasteiger partial charge in [-0.1, -0.05) is 43.4 Å². The van der Waals surface area contributed by atoms with Crippen molar-refractivity contribution in [2.24, 2.45) is 0 Å². The monoisotopic (exact) mass is 605 g/mol. The van der Waals surface area contributed by atoms with Crippen LogP contribution in [0.25, 0.3) is 11.3 Å². The van der Waals surface area contributed by atoms with Gasteiger partial charge in [-0.2, -0.15) is 26.3 Å². The van der Waals surface area contributed by atoms with Crippen molar-refractivity contribution in [1.82, 2.24) is 14.5 Å². The molecule has 6 nitrogen and oxygen atoms in total. The molecule has 0 saturated carbocycles. The van der Waals surface area contributed by atoms with Crippen LogP contribution in [0.2, 0.25) is 30.8 Å². The molecule has 14 heteroatoms. The van der Waals surface area contributed by atoms with Gasteiger partial charge in [0.05, 0.1) is 11.1 Å². The second kappa shape index (κ2) is 11.6. The molecule has 3 aromatic rings. The number of aromatic nitrogens is 3. The molecule has 1 aromatic carbocycles. The van der Waals surface area contributed by atoms with Gasteiger partial charge < -0.3 is 14.5 Å². The van der Waals surface area contributed by atoms with E-state index in [4.69, 9.17) is 16.3 Å². The number of hydrogen-bond donors (Lipinski definition) is 0. The maximum atomic E-state index is 13.5. The Hall–Kier alpha value is -2.77. The molecule has 1 aliphatic heterocycles. The lowest BCUT2D eigenvalue weighted by molar-refractivity contribution is -0.138. The Balaban J connectivity index is 1.59. The van der Waals surface area contributed by atoms with E-state index in [2.05, 4.69) is 29.6 Å². The number of imidazole rings is 1. The van der Waals surface area contributed by atoms with E-state index in [0.717, 1.165) is 24.2 Å². The molecule has 1 saturated heterocycles. The van der Waals surface area contributed by atoms with E-state index in [1.165, 1.54) is 24.4 Å². The van der Waals surface area contributed by atoms with Crippen LogP contribution >= 0.6 is 11.6 Å². The van der Waals surface area contributed by atoms with Crippen molar-refractivity contribution in [2.75, 3.05) is 42.6 Å². The van der Waals surface area contributed by atoms with Gasteiger partial charge in [-0.25, -0.2) is 9.97 Å². The number of rotatable bonds is 8. The molecular weight excluding hydrogens is 576 g/mol. The number of alkyl halides is 6. The van der Waals surface area contributed by atoms with Crippen LogP contribution in [0.1, 0.15) is 11.1 Å². The largest absolute Gasteiger partial charge is 0.419 e. The summed E-state index contributed by atoms with van der Waals surface area (Å²) in [6.07, 6.45) is -7.68. The van der Waals surface area contributed by atoms with Crippen LogP contribution < -0.4 is 9.80 Å². The van der Waals surface area contributed by atoms with Crippen molar-refractivity contribution in [3.8, 4) is 11.3 Å². The lowest BCUT2D eigenvalue weighted by atomic mass is 10.1. The summed E-state index contributed by atoms with van der Waals surface area (Å²) in [4.78, 5) is 12.1. The van der Waals surface area contributed by atoms with Gasteiger partial charge in [0.1, 0.15) is 23.4 Å². The van der Waals surface area contributed by atoms with Gasteiger partial charge >= 0.3 is 12.4 Å². The zero-order valence-electron chi connectivity index (χ0n) is 22.3. The predicted molar refractivity (Wildman–Crippen MR) is 145 cm³/mol. The Bertz CT molecular complexity index is 1300. The molecule has 1 fully saturated rings. The molecule has 218 valence electrons. The Morgan fingerprint density at radius 2 is 1.52 bits per heavy atom. The number of nitrogens with zero attached hydrogens (tertiary/aromatic N) is 5. The summed E-state index contributed by atoms with van der Waals surface area (Å²) in [6, 6.07) is 7.76. The van der Waals surface area contributed by atoms with E-state index >= 15 is 0 Å². The lowest BCUT2D eigenvalue weighted by Crippen LogP contribution is -2.48. The van der Waals surface area contributed by atoms with Crippen LogP contribution in [0.4, 0.5) is 38.1 Å². The molecule has 0 radical (unpaired) electrons. The molecule has 0 spiro atoms. The normalized spacial score (nSPS) is 15.2. The van der Waals surface area contributed by atoms with Gasteiger partial charge in [0, 0.05) is 52.6 Å². The van der Waals surface area contributed by atoms with Gasteiger partial charge in [0.25, 0.3) is 0 Å². The number of halogens is 7. The third-order valence-corrected chi connectivity index (χ3v) is 8.63. The highest BCUT2D eigenvalue weighted by molar-refractivity contribution is 6.76. The van der Waals surface area contributed by atoms with Crippen LogP contribution in [0.5, 0.6) is 0 Å². The van der Waals surface area contributed by atoms with Crippen molar-refractivity contribution >= 4 is 31.4 Å². The lowest BCUT2D eigenvalue weighted by Gasteiger charge is -2.37. The summed E-state index contributed by atoms with van der Waals surface area (Å²) in [7, 11) is -1.36. The van der Waals surface area contributed by atoms with Crippen LogP contribution in [0, 0.1) is 0 Å². The molecule has 2 aromatic heterocycles. The highest BCUT2D eigenvalue weighted by atomic mass is 35.5. The maximum absolute atomic E-state index is 13.5. The van der Waals surface area contributed by atoms with E-state index in [0.29, 0.717) is 36.9 Å². The number of pyridine rings is 1. The first-order valence-electron chi connectivity index (χ1n) is 12.7. The van der Waals surface area contributed by atoms with Gasteiger partial charge in [-0.3, -0.25) is 4.57 Å². The summed E-state index contributed by atoms with van der Waals surface area (Å²) in [5.74, 6) is 0.306. The number of piperazine rings is 1. The van der Waals surface area contributed by atoms with Gasteiger partial charge in [0.2, 0.25) is 5.95 Å². The fourth-order valence-corrected chi connectivity index (χ4v) is 5.33. The minimum absolute atomic E-state index is 0.0744. The standard InChI is InChI=1S/C26H30ClF6N5OSi/c1-40(2,3)16-15-39-17-38-22(27)21(18-6-8-19(9-7-18)25(28,29)30)35-24(38)37-13-11-36(12-14-37)23-20(26(31,32)33)5-4-10-34-23/h4-10H,11-17H2,1-3H3. The third kappa shape index (κ3) is 7.10. The molecular formula is C26H30ClF6N5OSi. The quantitative estimate of drug-likeness (QED) is 0.153. The summed E-state index contributed by atoms with van der Waals surface area (Å²) < 4.78 is 87.4. The molecule has 40 heavy (non-hydrogen) atoms. The Morgan fingerprint density at radius 1 is 0.900 bits per heavy atom. The minimum atomic E-state index is -4.53. The topological polar surface area (TPSA) is 46.4 Å². The van der Waals surface area contributed by atoms with Crippen LogP contribution in [0.15, 0.2) is 42.6 Å². The average Bonchev–Trinajstić information content (AvgIpc) is 3.21. The van der Waals surface area contributed by atoms with E-state index in [9.17, 15) is 26.3 Å². The number of ether oxygens (including phenoxy) is 1. The average molecular weight is 606 g/mol. The van der Waals surface area contributed by atoms with Crippen LogP contribution in [0.3, 0.4) is 0 Å². The zero-order valence-corrected chi connectivity index (χ0v) is 24.0. The highest BCUT2D eigenvalue weighted by Crippen LogP contribution is 2.37.